The summed E-state index contributed by atoms with van der Waals surface area (Å²) in [5.74, 6) is 0. The minimum absolute atomic E-state index is 0.393. The Morgan fingerprint density at radius 3 is 2.50 bits per heavy atom. The summed E-state index contributed by atoms with van der Waals surface area (Å²) in [6.07, 6.45) is 3.02. The third kappa shape index (κ3) is 3.24. The SMILES string of the molecule is CNCc1cc(C)c(Br)c(S(=O)(=O)N2CCCCC2)c1. The van der Waals surface area contributed by atoms with Gasteiger partial charge in [-0.05, 0) is 59.9 Å². The van der Waals surface area contributed by atoms with Gasteiger partial charge < -0.3 is 5.32 Å². The van der Waals surface area contributed by atoms with Crippen molar-refractivity contribution < 1.29 is 8.42 Å². The minimum Gasteiger partial charge on any atom is -0.316 e. The van der Waals surface area contributed by atoms with Crippen LogP contribution in [0.15, 0.2) is 21.5 Å². The highest BCUT2D eigenvalue weighted by atomic mass is 79.9. The Balaban J connectivity index is 2.44. The largest absolute Gasteiger partial charge is 0.316 e. The van der Waals surface area contributed by atoms with Crippen molar-refractivity contribution in [2.75, 3.05) is 20.1 Å². The molecule has 4 nitrogen and oxygen atoms in total. The van der Waals surface area contributed by atoms with Crippen LogP contribution in [0.25, 0.3) is 0 Å². The van der Waals surface area contributed by atoms with Crippen molar-refractivity contribution in [3.63, 3.8) is 0 Å². The standard InChI is InChI=1S/C14H21BrN2O2S/c1-11-8-12(10-16-2)9-13(14(11)15)20(18,19)17-6-4-3-5-7-17/h8-9,16H,3-7,10H2,1-2H3. The number of aryl methyl sites for hydroxylation is 1. The van der Waals surface area contributed by atoms with Crippen LogP contribution >= 0.6 is 15.9 Å². The average Bonchev–Trinajstić information content (AvgIpc) is 2.43. The molecule has 1 aliphatic rings. The Kier molecular flexibility index (Phi) is 5.23. The Hall–Kier alpha value is -0.430. The van der Waals surface area contributed by atoms with Crippen molar-refractivity contribution in [2.24, 2.45) is 0 Å². The molecule has 1 heterocycles. The number of rotatable bonds is 4. The molecule has 1 saturated heterocycles. The first-order chi connectivity index (χ1) is 9.46. The van der Waals surface area contributed by atoms with Gasteiger partial charge in [0.2, 0.25) is 10.0 Å². The molecule has 0 amide bonds. The van der Waals surface area contributed by atoms with Crippen molar-refractivity contribution in [1.29, 1.82) is 0 Å². The molecule has 20 heavy (non-hydrogen) atoms. The molecule has 1 aromatic rings. The monoisotopic (exact) mass is 360 g/mol. The van der Waals surface area contributed by atoms with E-state index in [0.29, 0.717) is 29.0 Å². The maximum Gasteiger partial charge on any atom is 0.244 e. The van der Waals surface area contributed by atoms with E-state index in [2.05, 4.69) is 21.2 Å². The molecule has 112 valence electrons. The molecule has 0 atom stereocenters. The molecule has 1 aliphatic heterocycles. The van der Waals surface area contributed by atoms with Crippen LogP contribution in [0.1, 0.15) is 30.4 Å². The Bertz CT molecular complexity index is 581. The number of hydrogen-bond acceptors (Lipinski definition) is 3. The van der Waals surface area contributed by atoms with Crippen LogP contribution in [0.3, 0.4) is 0 Å². The molecule has 0 aromatic heterocycles. The number of halogens is 1. The predicted molar refractivity (Wildman–Crippen MR) is 84.3 cm³/mol. The zero-order chi connectivity index (χ0) is 14.8. The minimum atomic E-state index is -3.40. The van der Waals surface area contributed by atoms with Gasteiger partial charge in [-0.15, -0.1) is 0 Å². The van der Waals surface area contributed by atoms with Gasteiger partial charge in [0.25, 0.3) is 0 Å². The van der Waals surface area contributed by atoms with E-state index >= 15 is 0 Å². The molecule has 1 fully saturated rings. The van der Waals surface area contributed by atoms with Crippen molar-refractivity contribution in [3.05, 3.63) is 27.7 Å². The summed E-state index contributed by atoms with van der Waals surface area (Å²) >= 11 is 3.44. The van der Waals surface area contributed by atoms with Gasteiger partial charge in [-0.1, -0.05) is 12.5 Å². The molecular formula is C14H21BrN2O2S. The number of sulfonamides is 1. The normalized spacial score (nSPS) is 17.4. The topological polar surface area (TPSA) is 49.4 Å². The first kappa shape index (κ1) is 15.9. The van der Waals surface area contributed by atoms with Crippen LogP contribution in [-0.4, -0.2) is 32.9 Å². The molecule has 6 heteroatoms. The van der Waals surface area contributed by atoms with Crippen molar-refractivity contribution in [1.82, 2.24) is 9.62 Å². The van der Waals surface area contributed by atoms with E-state index in [4.69, 9.17) is 0 Å². The second kappa shape index (κ2) is 6.56. The molecule has 1 N–H and O–H groups in total. The summed E-state index contributed by atoms with van der Waals surface area (Å²) in [5.41, 5.74) is 1.94. The lowest BCUT2D eigenvalue weighted by molar-refractivity contribution is 0.346. The smallest absolute Gasteiger partial charge is 0.244 e. The molecule has 0 radical (unpaired) electrons. The van der Waals surface area contributed by atoms with E-state index in [9.17, 15) is 8.42 Å². The van der Waals surface area contributed by atoms with Crippen molar-refractivity contribution in [2.45, 2.75) is 37.6 Å². The van der Waals surface area contributed by atoms with Gasteiger partial charge >= 0.3 is 0 Å². The predicted octanol–water partition coefficient (Wildman–Crippen LogP) is 2.65. The highest BCUT2D eigenvalue weighted by molar-refractivity contribution is 9.10. The van der Waals surface area contributed by atoms with Crippen molar-refractivity contribution >= 4 is 26.0 Å². The number of nitrogens with zero attached hydrogens (tertiary/aromatic N) is 1. The maximum atomic E-state index is 12.8. The van der Waals surface area contributed by atoms with Crippen LogP contribution in [0, 0.1) is 6.92 Å². The zero-order valence-corrected chi connectivity index (χ0v) is 14.3. The quantitative estimate of drug-likeness (QED) is 0.897. The highest BCUT2D eigenvalue weighted by Gasteiger charge is 2.28. The summed E-state index contributed by atoms with van der Waals surface area (Å²) in [4.78, 5) is 0.393. The Morgan fingerprint density at radius 2 is 1.90 bits per heavy atom. The van der Waals surface area contributed by atoms with Gasteiger partial charge in [0.05, 0.1) is 4.90 Å². The third-order valence-corrected chi connectivity index (χ3v) is 6.83. The van der Waals surface area contributed by atoms with Gasteiger partial charge in [-0.3, -0.25) is 0 Å². The maximum absolute atomic E-state index is 12.8. The van der Waals surface area contributed by atoms with E-state index in [1.807, 2.05) is 20.0 Å². The van der Waals surface area contributed by atoms with Crippen LogP contribution in [0.2, 0.25) is 0 Å². The molecule has 1 aromatic carbocycles. The molecule has 0 unspecified atom stereocenters. The van der Waals surface area contributed by atoms with Crippen LogP contribution in [0.5, 0.6) is 0 Å². The summed E-state index contributed by atoms with van der Waals surface area (Å²) in [7, 11) is -1.54. The zero-order valence-electron chi connectivity index (χ0n) is 11.9. The second-order valence-electron chi connectivity index (χ2n) is 5.22. The lowest BCUT2D eigenvalue weighted by Gasteiger charge is -2.26. The van der Waals surface area contributed by atoms with E-state index in [1.165, 1.54) is 0 Å². The van der Waals surface area contributed by atoms with Gasteiger partial charge in [0.1, 0.15) is 0 Å². The fourth-order valence-corrected chi connectivity index (χ4v) is 5.09. The third-order valence-electron chi connectivity index (χ3n) is 3.59. The first-order valence-corrected chi connectivity index (χ1v) is 9.14. The van der Waals surface area contributed by atoms with Gasteiger partial charge in [0.15, 0.2) is 0 Å². The van der Waals surface area contributed by atoms with E-state index in [-0.39, 0.29) is 0 Å². The van der Waals surface area contributed by atoms with Crippen LogP contribution in [-0.2, 0) is 16.6 Å². The molecule has 0 spiro atoms. The van der Waals surface area contributed by atoms with Crippen molar-refractivity contribution in [3.8, 4) is 0 Å². The fourth-order valence-electron chi connectivity index (χ4n) is 2.55. The Morgan fingerprint density at radius 1 is 1.25 bits per heavy atom. The molecule has 0 bridgehead atoms. The first-order valence-electron chi connectivity index (χ1n) is 6.90. The van der Waals surface area contributed by atoms with Gasteiger partial charge in [0, 0.05) is 24.1 Å². The second-order valence-corrected chi connectivity index (χ2v) is 7.92. The summed E-state index contributed by atoms with van der Waals surface area (Å²) < 4.78 is 27.9. The summed E-state index contributed by atoms with van der Waals surface area (Å²) in [6, 6.07) is 3.79. The van der Waals surface area contributed by atoms with Crippen LogP contribution in [0.4, 0.5) is 0 Å². The lowest BCUT2D eigenvalue weighted by atomic mass is 10.1. The molecule has 0 aliphatic carbocycles. The number of benzene rings is 1. The number of hydrogen-bond donors (Lipinski definition) is 1. The van der Waals surface area contributed by atoms with E-state index < -0.39 is 10.0 Å². The Labute approximate surface area is 129 Å². The average molecular weight is 361 g/mol. The van der Waals surface area contributed by atoms with Gasteiger partial charge in [-0.2, -0.15) is 4.31 Å². The molecular weight excluding hydrogens is 340 g/mol. The molecule has 0 saturated carbocycles. The molecule has 2 rings (SSSR count). The van der Waals surface area contributed by atoms with Crippen LogP contribution < -0.4 is 5.32 Å². The van der Waals surface area contributed by atoms with Gasteiger partial charge in [-0.25, -0.2) is 8.42 Å². The number of nitrogens with one attached hydrogen (secondary N) is 1. The lowest BCUT2D eigenvalue weighted by Crippen LogP contribution is -2.35. The van der Waals surface area contributed by atoms with E-state index in [1.54, 1.807) is 10.4 Å². The number of piperidine rings is 1. The van der Waals surface area contributed by atoms with E-state index in [0.717, 1.165) is 30.4 Å². The summed E-state index contributed by atoms with van der Waals surface area (Å²) in [5, 5.41) is 3.07. The fraction of sp³-hybridized carbons (Fsp3) is 0.571. The summed E-state index contributed by atoms with van der Waals surface area (Å²) in [6.45, 7) is 3.85. The highest BCUT2D eigenvalue weighted by Crippen LogP contribution is 2.30.